The average Bonchev–Trinajstić information content (AvgIpc) is 2.79. The molecule has 4 rings (SSSR count). The summed E-state index contributed by atoms with van der Waals surface area (Å²) in [7, 11) is 1.79. The fraction of sp³-hybridized carbons (Fsp3) is 0.500. The summed E-state index contributed by atoms with van der Waals surface area (Å²) >= 11 is 0. The van der Waals surface area contributed by atoms with Gasteiger partial charge in [0.05, 0.1) is 19.2 Å². The summed E-state index contributed by atoms with van der Waals surface area (Å²) in [6.45, 7) is 4.36. The third-order valence-electron chi connectivity index (χ3n) is 6.98. The van der Waals surface area contributed by atoms with Gasteiger partial charge in [-0.2, -0.15) is 0 Å². The lowest BCUT2D eigenvalue weighted by molar-refractivity contribution is -0.138. The SMILES string of the molecule is C[C@H]1CN([C@@H](C)CO)C(=O)c2cc(-c3ccc(F)cc3)cnc2O[C@@H]1CN(C)C(=O)C1CCC1. The molecule has 1 aliphatic carbocycles. The number of carbonyl (C=O) groups is 2. The molecule has 34 heavy (non-hydrogen) atoms. The molecule has 0 spiro atoms. The third-order valence-corrected chi connectivity index (χ3v) is 6.98. The average molecular weight is 470 g/mol. The minimum atomic E-state index is -0.398. The second kappa shape index (κ2) is 10.1. The number of hydrogen-bond donors (Lipinski definition) is 1. The summed E-state index contributed by atoms with van der Waals surface area (Å²) in [5.41, 5.74) is 1.67. The molecule has 2 heterocycles. The first-order valence-corrected chi connectivity index (χ1v) is 11.9. The second-order valence-electron chi connectivity index (χ2n) is 9.55. The van der Waals surface area contributed by atoms with Crippen molar-refractivity contribution >= 4 is 11.8 Å². The Morgan fingerprint density at radius 1 is 1.29 bits per heavy atom. The number of ether oxygens (including phenoxy) is 1. The highest BCUT2D eigenvalue weighted by molar-refractivity contribution is 5.98. The van der Waals surface area contributed by atoms with Gasteiger partial charge in [-0.3, -0.25) is 9.59 Å². The van der Waals surface area contributed by atoms with Gasteiger partial charge in [0.2, 0.25) is 11.8 Å². The van der Waals surface area contributed by atoms with Crippen molar-refractivity contribution in [3.05, 3.63) is 47.9 Å². The van der Waals surface area contributed by atoms with Gasteiger partial charge in [-0.1, -0.05) is 25.5 Å². The predicted molar refractivity (Wildman–Crippen MR) is 126 cm³/mol. The maximum absolute atomic E-state index is 13.5. The number of likely N-dealkylation sites (N-methyl/N-ethyl adjacent to an activating group) is 1. The van der Waals surface area contributed by atoms with Crippen LogP contribution in [0.1, 0.15) is 43.5 Å². The Balaban J connectivity index is 1.67. The fourth-order valence-corrected chi connectivity index (χ4v) is 4.45. The third kappa shape index (κ3) is 4.92. The second-order valence-corrected chi connectivity index (χ2v) is 9.55. The van der Waals surface area contributed by atoms with Gasteiger partial charge in [0.1, 0.15) is 17.5 Å². The Bertz CT molecular complexity index is 1040. The first kappa shape index (κ1) is 24.1. The molecule has 8 heteroatoms. The number of aliphatic hydroxyl groups excluding tert-OH is 1. The molecule has 1 N–H and O–H groups in total. The summed E-state index contributed by atoms with van der Waals surface area (Å²) in [6, 6.07) is 7.28. The number of benzene rings is 1. The van der Waals surface area contributed by atoms with Crippen LogP contribution in [0.25, 0.3) is 11.1 Å². The number of halogens is 1. The molecule has 0 bridgehead atoms. The van der Waals surface area contributed by atoms with Crippen LogP contribution in [-0.2, 0) is 4.79 Å². The van der Waals surface area contributed by atoms with Crippen molar-refractivity contribution in [2.45, 2.75) is 45.3 Å². The van der Waals surface area contributed by atoms with Crippen molar-refractivity contribution in [3.8, 4) is 17.0 Å². The van der Waals surface area contributed by atoms with Gasteiger partial charge in [0, 0.05) is 37.2 Å². The van der Waals surface area contributed by atoms with Crippen LogP contribution in [-0.4, -0.2) is 70.6 Å². The Morgan fingerprint density at radius 3 is 2.62 bits per heavy atom. The lowest BCUT2D eigenvalue weighted by Gasteiger charge is -2.38. The Hall–Kier alpha value is -3.00. The number of rotatable bonds is 6. The van der Waals surface area contributed by atoms with Gasteiger partial charge in [-0.25, -0.2) is 9.37 Å². The van der Waals surface area contributed by atoms with Crippen molar-refractivity contribution in [2.24, 2.45) is 11.8 Å². The standard InChI is InChI=1S/C26H32FN3O4/c1-16-13-30(17(2)15-31)26(33)22-11-20(18-7-9-21(27)10-8-18)12-28-24(22)34-23(16)14-29(3)25(32)19-5-4-6-19/h7-12,16-17,19,23,31H,4-6,13-15H2,1-3H3/t16-,17-,23+/m0/s1. The quantitative estimate of drug-likeness (QED) is 0.702. The number of carbonyl (C=O) groups excluding carboxylic acids is 2. The zero-order chi connectivity index (χ0) is 24.4. The van der Waals surface area contributed by atoms with Crippen LogP contribution in [0.3, 0.4) is 0 Å². The van der Waals surface area contributed by atoms with E-state index < -0.39 is 6.04 Å². The number of nitrogens with zero attached hydrogens (tertiary/aromatic N) is 3. The highest BCUT2D eigenvalue weighted by atomic mass is 19.1. The van der Waals surface area contributed by atoms with Crippen LogP contribution in [0.2, 0.25) is 0 Å². The molecular formula is C26H32FN3O4. The number of amides is 2. The molecule has 7 nitrogen and oxygen atoms in total. The van der Waals surface area contributed by atoms with E-state index in [1.165, 1.54) is 12.1 Å². The van der Waals surface area contributed by atoms with E-state index in [9.17, 15) is 19.1 Å². The summed E-state index contributed by atoms with van der Waals surface area (Å²) in [4.78, 5) is 34.1. The Kier molecular flexibility index (Phi) is 7.16. The fourth-order valence-electron chi connectivity index (χ4n) is 4.45. The molecule has 1 aromatic heterocycles. The molecule has 2 amide bonds. The van der Waals surface area contributed by atoms with Gasteiger partial charge in [0.15, 0.2) is 0 Å². The van der Waals surface area contributed by atoms with Crippen LogP contribution < -0.4 is 4.74 Å². The molecule has 1 aliphatic heterocycles. The first-order valence-electron chi connectivity index (χ1n) is 11.9. The lowest BCUT2D eigenvalue weighted by Crippen LogP contribution is -2.51. The molecule has 2 aliphatic rings. The number of aliphatic hydroxyl groups is 1. The lowest BCUT2D eigenvalue weighted by atomic mass is 9.84. The number of aromatic nitrogens is 1. The van der Waals surface area contributed by atoms with Crippen molar-refractivity contribution in [1.29, 1.82) is 0 Å². The monoisotopic (exact) mass is 469 g/mol. The Morgan fingerprint density at radius 2 is 2.00 bits per heavy atom. The zero-order valence-corrected chi connectivity index (χ0v) is 19.9. The molecular weight excluding hydrogens is 437 g/mol. The van der Waals surface area contributed by atoms with E-state index in [-0.39, 0.29) is 53.6 Å². The topological polar surface area (TPSA) is 83.0 Å². The van der Waals surface area contributed by atoms with Crippen molar-refractivity contribution in [2.75, 3.05) is 26.7 Å². The predicted octanol–water partition coefficient (Wildman–Crippen LogP) is 3.37. The maximum atomic E-state index is 13.5. The Labute approximate surface area is 199 Å². The van der Waals surface area contributed by atoms with E-state index in [4.69, 9.17) is 4.74 Å². The molecule has 1 fully saturated rings. The van der Waals surface area contributed by atoms with Crippen LogP contribution in [0, 0.1) is 17.7 Å². The highest BCUT2D eigenvalue weighted by Crippen LogP contribution is 2.31. The molecule has 0 saturated heterocycles. The van der Waals surface area contributed by atoms with E-state index >= 15 is 0 Å². The van der Waals surface area contributed by atoms with Gasteiger partial charge in [-0.15, -0.1) is 0 Å². The van der Waals surface area contributed by atoms with Crippen molar-refractivity contribution in [3.63, 3.8) is 0 Å². The van der Waals surface area contributed by atoms with E-state index in [0.29, 0.717) is 18.7 Å². The minimum absolute atomic E-state index is 0.0880. The molecule has 1 aromatic carbocycles. The van der Waals surface area contributed by atoms with Crippen LogP contribution in [0.15, 0.2) is 36.5 Å². The van der Waals surface area contributed by atoms with Gasteiger partial charge in [0.25, 0.3) is 5.91 Å². The summed E-state index contributed by atoms with van der Waals surface area (Å²) in [6.07, 6.45) is 4.17. The molecule has 1 saturated carbocycles. The van der Waals surface area contributed by atoms with E-state index in [1.807, 2.05) is 6.92 Å². The van der Waals surface area contributed by atoms with Crippen molar-refractivity contribution in [1.82, 2.24) is 14.8 Å². The van der Waals surface area contributed by atoms with Gasteiger partial charge in [-0.05, 0) is 43.5 Å². The van der Waals surface area contributed by atoms with Gasteiger partial charge >= 0.3 is 0 Å². The van der Waals surface area contributed by atoms with E-state index in [2.05, 4.69) is 4.98 Å². The summed E-state index contributed by atoms with van der Waals surface area (Å²) in [5.74, 6) is -0.307. The summed E-state index contributed by atoms with van der Waals surface area (Å²) < 4.78 is 19.7. The van der Waals surface area contributed by atoms with E-state index in [0.717, 1.165) is 24.8 Å². The highest BCUT2D eigenvalue weighted by Gasteiger charge is 2.36. The summed E-state index contributed by atoms with van der Waals surface area (Å²) in [5, 5.41) is 9.81. The first-order chi connectivity index (χ1) is 16.3. The van der Waals surface area contributed by atoms with E-state index in [1.54, 1.807) is 48.2 Å². The number of fused-ring (bicyclic) bond motifs is 1. The molecule has 0 unspecified atom stereocenters. The normalized spacial score (nSPS) is 21.6. The molecule has 0 radical (unpaired) electrons. The zero-order valence-electron chi connectivity index (χ0n) is 19.9. The number of pyridine rings is 1. The van der Waals surface area contributed by atoms with Crippen molar-refractivity contribution < 1.29 is 23.8 Å². The number of hydrogen-bond acceptors (Lipinski definition) is 5. The minimum Gasteiger partial charge on any atom is -0.472 e. The molecule has 2 aromatic rings. The van der Waals surface area contributed by atoms with Crippen LogP contribution in [0.4, 0.5) is 4.39 Å². The largest absolute Gasteiger partial charge is 0.472 e. The smallest absolute Gasteiger partial charge is 0.259 e. The maximum Gasteiger partial charge on any atom is 0.259 e. The molecule has 3 atom stereocenters. The van der Waals surface area contributed by atoms with Gasteiger partial charge < -0.3 is 19.6 Å². The molecule has 182 valence electrons. The van der Waals surface area contributed by atoms with Crippen LogP contribution in [0.5, 0.6) is 5.88 Å². The van der Waals surface area contributed by atoms with Crippen LogP contribution >= 0.6 is 0 Å².